The van der Waals surface area contributed by atoms with Crippen LogP contribution in [0.4, 0.5) is 5.69 Å². The third-order valence-electron chi connectivity index (χ3n) is 5.89. The minimum Gasteiger partial charge on any atom is -0.459 e. The van der Waals surface area contributed by atoms with Gasteiger partial charge in [0.1, 0.15) is 0 Å². The van der Waals surface area contributed by atoms with Gasteiger partial charge in [0.15, 0.2) is 5.76 Å². The van der Waals surface area contributed by atoms with Gasteiger partial charge in [0, 0.05) is 24.3 Å². The molecular weight excluding hydrogens is 402 g/mol. The van der Waals surface area contributed by atoms with E-state index in [1.54, 1.807) is 24.3 Å². The number of hydrogen-bond acceptors (Lipinski definition) is 4. The maximum absolute atomic E-state index is 12.8. The molecule has 0 aliphatic carbocycles. The van der Waals surface area contributed by atoms with Crippen molar-refractivity contribution in [1.29, 1.82) is 0 Å². The Morgan fingerprint density at radius 3 is 2.47 bits per heavy atom. The van der Waals surface area contributed by atoms with Crippen molar-refractivity contribution in [1.82, 2.24) is 10.2 Å². The topological polar surface area (TPSA) is 74.6 Å². The Hall–Kier alpha value is -3.38. The quantitative estimate of drug-likeness (QED) is 0.566. The molecule has 0 saturated carbocycles. The van der Waals surface area contributed by atoms with Crippen molar-refractivity contribution in [2.75, 3.05) is 18.4 Å². The molecule has 1 fully saturated rings. The van der Waals surface area contributed by atoms with Crippen LogP contribution in [0, 0.1) is 6.92 Å². The molecule has 6 heteroatoms. The van der Waals surface area contributed by atoms with Crippen LogP contribution in [-0.4, -0.2) is 29.8 Å². The van der Waals surface area contributed by atoms with Crippen LogP contribution in [0.25, 0.3) is 0 Å². The van der Waals surface area contributed by atoms with Crippen molar-refractivity contribution in [2.45, 2.75) is 39.3 Å². The molecule has 0 radical (unpaired) electrons. The van der Waals surface area contributed by atoms with Gasteiger partial charge >= 0.3 is 0 Å². The minimum atomic E-state index is -0.345. The fourth-order valence-corrected chi connectivity index (χ4v) is 4.01. The molecule has 166 valence electrons. The molecule has 2 amide bonds. The van der Waals surface area contributed by atoms with Gasteiger partial charge in [-0.2, -0.15) is 0 Å². The lowest BCUT2D eigenvalue weighted by Gasteiger charge is -2.27. The van der Waals surface area contributed by atoms with Gasteiger partial charge in [0.2, 0.25) is 0 Å². The number of likely N-dealkylation sites (tertiary alicyclic amines) is 1. The maximum Gasteiger partial charge on any atom is 0.291 e. The summed E-state index contributed by atoms with van der Waals surface area (Å²) in [4.78, 5) is 27.6. The van der Waals surface area contributed by atoms with Crippen LogP contribution in [0.5, 0.6) is 0 Å². The van der Waals surface area contributed by atoms with E-state index in [4.69, 9.17) is 4.42 Å². The number of hydrogen-bond donors (Lipinski definition) is 2. The number of piperidine rings is 1. The standard InChI is InChI=1S/C26H29N3O3/c1-19-11-12-20(16-23(19)28-26(31)24-10-7-15-32-24)25(30)27-17-21-8-3-4-9-22(21)18-29-13-5-2-6-14-29/h3-4,7-12,15-16H,2,5-6,13-14,17-18H2,1H3,(H,27,30)(H,28,31). The highest BCUT2D eigenvalue weighted by molar-refractivity contribution is 6.03. The average Bonchev–Trinajstić information content (AvgIpc) is 3.36. The van der Waals surface area contributed by atoms with Gasteiger partial charge in [-0.25, -0.2) is 0 Å². The summed E-state index contributed by atoms with van der Waals surface area (Å²) in [6.45, 7) is 5.54. The first-order chi connectivity index (χ1) is 15.6. The Balaban J connectivity index is 1.41. The molecule has 2 N–H and O–H groups in total. The molecule has 6 nitrogen and oxygen atoms in total. The summed E-state index contributed by atoms with van der Waals surface area (Å²) in [5.41, 5.74) is 4.34. The number of carbonyl (C=O) groups is 2. The third kappa shape index (κ3) is 5.45. The molecule has 32 heavy (non-hydrogen) atoms. The molecule has 0 atom stereocenters. The van der Waals surface area contributed by atoms with Crippen LogP contribution in [0.3, 0.4) is 0 Å². The number of benzene rings is 2. The van der Waals surface area contributed by atoms with Crippen LogP contribution >= 0.6 is 0 Å². The van der Waals surface area contributed by atoms with Gasteiger partial charge in [0.05, 0.1) is 6.26 Å². The number of furan rings is 1. The highest BCUT2D eigenvalue weighted by Gasteiger charge is 2.15. The molecule has 0 bridgehead atoms. The van der Waals surface area contributed by atoms with E-state index < -0.39 is 0 Å². The third-order valence-corrected chi connectivity index (χ3v) is 5.89. The van der Waals surface area contributed by atoms with Gasteiger partial charge in [-0.3, -0.25) is 14.5 Å². The summed E-state index contributed by atoms with van der Waals surface area (Å²) < 4.78 is 5.14. The zero-order valence-electron chi connectivity index (χ0n) is 18.4. The van der Waals surface area contributed by atoms with E-state index in [-0.39, 0.29) is 17.6 Å². The summed E-state index contributed by atoms with van der Waals surface area (Å²) >= 11 is 0. The van der Waals surface area contributed by atoms with E-state index in [1.807, 2.05) is 19.1 Å². The average molecular weight is 432 g/mol. The molecule has 1 aliphatic heterocycles. The first kappa shape index (κ1) is 21.8. The predicted molar refractivity (Wildman–Crippen MR) is 125 cm³/mol. The summed E-state index contributed by atoms with van der Waals surface area (Å²) in [5.74, 6) is -0.293. The zero-order valence-corrected chi connectivity index (χ0v) is 18.4. The van der Waals surface area contributed by atoms with Gasteiger partial charge in [0.25, 0.3) is 11.8 Å². The molecule has 2 heterocycles. The maximum atomic E-state index is 12.8. The number of amides is 2. The second-order valence-electron chi connectivity index (χ2n) is 8.25. The van der Waals surface area contributed by atoms with E-state index in [2.05, 4.69) is 33.7 Å². The van der Waals surface area contributed by atoms with Crippen molar-refractivity contribution >= 4 is 17.5 Å². The van der Waals surface area contributed by atoms with Crippen molar-refractivity contribution in [3.63, 3.8) is 0 Å². The van der Waals surface area contributed by atoms with E-state index in [9.17, 15) is 9.59 Å². The van der Waals surface area contributed by atoms with Crippen molar-refractivity contribution < 1.29 is 14.0 Å². The Kier molecular flexibility index (Phi) is 7.02. The predicted octanol–water partition coefficient (Wildman–Crippen LogP) is 4.76. The second-order valence-corrected chi connectivity index (χ2v) is 8.25. The molecule has 1 aliphatic rings. The van der Waals surface area contributed by atoms with E-state index in [0.717, 1.165) is 30.8 Å². The minimum absolute atomic E-state index is 0.175. The van der Waals surface area contributed by atoms with Crippen LogP contribution in [0.15, 0.2) is 65.3 Å². The summed E-state index contributed by atoms with van der Waals surface area (Å²) in [5, 5.41) is 5.85. The second kappa shape index (κ2) is 10.3. The van der Waals surface area contributed by atoms with Crippen molar-refractivity contribution in [3.05, 3.63) is 88.9 Å². The normalized spacial score (nSPS) is 14.2. The lowest BCUT2D eigenvalue weighted by atomic mass is 10.0. The summed E-state index contributed by atoms with van der Waals surface area (Å²) in [7, 11) is 0. The number of rotatable bonds is 7. The van der Waals surface area contributed by atoms with Gasteiger partial charge in [-0.05, 0) is 73.8 Å². The Labute approximate surface area is 188 Å². The number of nitrogens with zero attached hydrogens (tertiary/aromatic N) is 1. The van der Waals surface area contributed by atoms with Gasteiger partial charge in [-0.15, -0.1) is 0 Å². The number of nitrogens with one attached hydrogen (secondary N) is 2. The lowest BCUT2D eigenvalue weighted by molar-refractivity contribution is 0.0948. The lowest BCUT2D eigenvalue weighted by Crippen LogP contribution is -2.30. The van der Waals surface area contributed by atoms with Crippen molar-refractivity contribution in [2.24, 2.45) is 0 Å². The molecule has 1 saturated heterocycles. The van der Waals surface area contributed by atoms with E-state index >= 15 is 0 Å². The smallest absolute Gasteiger partial charge is 0.291 e. The van der Waals surface area contributed by atoms with E-state index in [0.29, 0.717) is 17.8 Å². The number of anilines is 1. The zero-order chi connectivity index (χ0) is 22.3. The molecular formula is C26H29N3O3. The van der Waals surface area contributed by atoms with Gasteiger partial charge < -0.3 is 15.1 Å². The van der Waals surface area contributed by atoms with E-state index in [1.165, 1.54) is 31.1 Å². The highest BCUT2D eigenvalue weighted by atomic mass is 16.3. The van der Waals surface area contributed by atoms with Crippen LogP contribution in [0.1, 0.15) is 56.9 Å². The first-order valence-corrected chi connectivity index (χ1v) is 11.1. The fourth-order valence-electron chi connectivity index (χ4n) is 4.01. The summed E-state index contributed by atoms with van der Waals surface area (Å²) in [6.07, 6.45) is 5.28. The van der Waals surface area contributed by atoms with Crippen molar-refractivity contribution in [3.8, 4) is 0 Å². The molecule has 0 unspecified atom stereocenters. The number of carbonyl (C=O) groups excluding carboxylic acids is 2. The highest BCUT2D eigenvalue weighted by Crippen LogP contribution is 2.19. The molecule has 0 spiro atoms. The van der Waals surface area contributed by atoms with Gasteiger partial charge in [-0.1, -0.05) is 36.8 Å². The fraction of sp³-hybridized carbons (Fsp3) is 0.308. The summed E-state index contributed by atoms with van der Waals surface area (Å²) in [6, 6.07) is 16.8. The molecule has 1 aromatic heterocycles. The molecule has 4 rings (SSSR count). The Bertz CT molecular complexity index is 1070. The first-order valence-electron chi connectivity index (χ1n) is 11.1. The Morgan fingerprint density at radius 2 is 1.72 bits per heavy atom. The SMILES string of the molecule is Cc1ccc(C(=O)NCc2ccccc2CN2CCCCC2)cc1NC(=O)c1ccco1. The Morgan fingerprint density at radius 1 is 0.938 bits per heavy atom. The number of aryl methyl sites for hydroxylation is 1. The molecule has 2 aromatic carbocycles. The van der Waals surface area contributed by atoms with Crippen LogP contribution in [-0.2, 0) is 13.1 Å². The van der Waals surface area contributed by atoms with Crippen LogP contribution < -0.4 is 10.6 Å². The molecule has 3 aromatic rings. The largest absolute Gasteiger partial charge is 0.459 e. The van der Waals surface area contributed by atoms with Crippen LogP contribution in [0.2, 0.25) is 0 Å². The monoisotopic (exact) mass is 431 g/mol.